The van der Waals surface area contributed by atoms with Gasteiger partial charge in [0.1, 0.15) is 4.88 Å². The highest BCUT2D eigenvalue weighted by Crippen LogP contribution is 2.25. The van der Waals surface area contributed by atoms with Gasteiger partial charge in [-0.15, -0.1) is 0 Å². The van der Waals surface area contributed by atoms with Gasteiger partial charge in [0.15, 0.2) is 5.13 Å². The Bertz CT molecular complexity index is 586. The molecule has 19 heavy (non-hydrogen) atoms. The fourth-order valence-electron chi connectivity index (χ4n) is 1.58. The molecule has 0 aliphatic rings. The number of anilines is 1. The Morgan fingerprint density at radius 2 is 2.32 bits per heavy atom. The van der Waals surface area contributed by atoms with E-state index in [2.05, 4.69) is 15.0 Å². The molecule has 6 heteroatoms. The number of aromatic nitrogens is 1. The van der Waals surface area contributed by atoms with Crippen molar-refractivity contribution in [3.8, 4) is 0 Å². The Hall–Kier alpha value is -1.59. The zero-order valence-corrected chi connectivity index (χ0v) is 12.1. The van der Waals surface area contributed by atoms with Crippen LogP contribution in [-0.2, 0) is 4.74 Å². The summed E-state index contributed by atoms with van der Waals surface area (Å²) in [5.41, 5.74) is 1.06. The van der Waals surface area contributed by atoms with Crippen LogP contribution in [-0.4, -0.2) is 18.1 Å². The van der Waals surface area contributed by atoms with Crippen molar-refractivity contribution >= 4 is 34.0 Å². The molecule has 0 radical (unpaired) electrons. The van der Waals surface area contributed by atoms with Gasteiger partial charge in [0.25, 0.3) is 0 Å². The van der Waals surface area contributed by atoms with Crippen LogP contribution in [0.1, 0.15) is 28.2 Å². The van der Waals surface area contributed by atoms with Gasteiger partial charge < -0.3 is 10.1 Å². The number of thiazole rings is 1. The molecular formula is C13H13ClN2O2S. The molecule has 0 aliphatic carbocycles. The normalized spacial score (nSPS) is 11.9. The van der Waals surface area contributed by atoms with Crippen molar-refractivity contribution in [2.24, 2.45) is 0 Å². The summed E-state index contributed by atoms with van der Waals surface area (Å²) in [6.07, 6.45) is 1.50. The number of esters is 1. The van der Waals surface area contributed by atoms with Crippen molar-refractivity contribution in [3.63, 3.8) is 0 Å². The van der Waals surface area contributed by atoms with E-state index in [4.69, 9.17) is 11.6 Å². The van der Waals surface area contributed by atoms with E-state index in [0.29, 0.717) is 15.0 Å². The average Bonchev–Trinajstić information content (AvgIpc) is 2.86. The van der Waals surface area contributed by atoms with E-state index in [1.54, 1.807) is 0 Å². The Labute approximate surface area is 120 Å². The summed E-state index contributed by atoms with van der Waals surface area (Å²) in [4.78, 5) is 16.0. The maximum Gasteiger partial charge on any atom is 0.349 e. The van der Waals surface area contributed by atoms with Crippen LogP contribution >= 0.6 is 22.9 Å². The molecule has 1 heterocycles. The van der Waals surface area contributed by atoms with Crippen molar-refractivity contribution in [2.45, 2.75) is 13.0 Å². The molecule has 1 N–H and O–H groups in total. The molecule has 1 atom stereocenters. The summed E-state index contributed by atoms with van der Waals surface area (Å²) >= 11 is 7.22. The fourth-order valence-corrected chi connectivity index (χ4v) is 2.60. The topological polar surface area (TPSA) is 51.2 Å². The van der Waals surface area contributed by atoms with E-state index in [0.717, 1.165) is 5.56 Å². The summed E-state index contributed by atoms with van der Waals surface area (Å²) in [7, 11) is 1.35. The van der Waals surface area contributed by atoms with E-state index in [-0.39, 0.29) is 12.0 Å². The molecule has 0 amide bonds. The standard InChI is InChI=1S/C13H13ClN2O2S/c1-8(9-4-3-5-10(14)6-9)16-13-15-7-11(19-13)12(17)18-2/h3-8H,1-2H3,(H,15,16). The highest BCUT2D eigenvalue weighted by Gasteiger charge is 2.12. The van der Waals surface area contributed by atoms with Gasteiger partial charge in [0, 0.05) is 5.02 Å². The maximum atomic E-state index is 11.3. The van der Waals surface area contributed by atoms with E-state index >= 15 is 0 Å². The zero-order chi connectivity index (χ0) is 13.8. The predicted octanol–water partition coefficient (Wildman–Crippen LogP) is 3.76. The van der Waals surface area contributed by atoms with Gasteiger partial charge in [0.05, 0.1) is 19.3 Å². The molecule has 4 nitrogen and oxygen atoms in total. The monoisotopic (exact) mass is 296 g/mol. The molecule has 0 spiro atoms. The molecule has 0 saturated carbocycles. The number of carbonyl (C=O) groups is 1. The number of methoxy groups -OCH3 is 1. The molecule has 2 rings (SSSR count). The molecule has 0 aliphatic heterocycles. The lowest BCUT2D eigenvalue weighted by Gasteiger charge is -2.13. The first-order valence-electron chi connectivity index (χ1n) is 5.66. The van der Waals surface area contributed by atoms with Crippen molar-refractivity contribution in [1.82, 2.24) is 4.98 Å². The molecule has 0 fully saturated rings. The third-order valence-electron chi connectivity index (χ3n) is 2.58. The summed E-state index contributed by atoms with van der Waals surface area (Å²) in [5.74, 6) is -0.374. The van der Waals surface area contributed by atoms with Gasteiger partial charge in [-0.2, -0.15) is 0 Å². The van der Waals surface area contributed by atoms with Gasteiger partial charge >= 0.3 is 5.97 Å². The first-order valence-corrected chi connectivity index (χ1v) is 6.85. The Morgan fingerprint density at radius 1 is 1.53 bits per heavy atom. The number of carbonyl (C=O) groups excluding carboxylic acids is 1. The summed E-state index contributed by atoms with van der Waals surface area (Å²) in [6, 6.07) is 7.66. The molecular weight excluding hydrogens is 284 g/mol. The minimum absolute atomic E-state index is 0.0512. The van der Waals surface area contributed by atoms with Gasteiger partial charge in [-0.05, 0) is 24.6 Å². The highest BCUT2D eigenvalue weighted by atomic mass is 35.5. The van der Waals surface area contributed by atoms with Crippen LogP contribution in [0.15, 0.2) is 30.5 Å². The van der Waals surface area contributed by atoms with E-state index in [1.807, 2.05) is 31.2 Å². The number of ether oxygens (including phenoxy) is 1. The SMILES string of the molecule is COC(=O)c1cnc(NC(C)c2cccc(Cl)c2)s1. The predicted molar refractivity (Wildman–Crippen MR) is 76.9 cm³/mol. The van der Waals surface area contributed by atoms with Gasteiger partial charge in [0.2, 0.25) is 0 Å². The van der Waals surface area contributed by atoms with Crippen LogP contribution in [0.5, 0.6) is 0 Å². The average molecular weight is 297 g/mol. The number of rotatable bonds is 4. The van der Waals surface area contributed by atoms with E-state index in [9.17, 15) is 4.79 Å². The number of halogens is 1. The first-order chi connectivity index (χ1) is 9.10. The van der Waals surface area contributed by atoms with Crippen LogP contribution in [0.3, 0.4) is 0 Å². The number of nitrogens with one attached hydrogen (secondary N) is 1. The number of hydrogen-bond donors (Lipinski definition) is 1. The Balaban J connectivity index is 2.08. The third kappa shape index (κ3) is 3.45. The van der Waals surface area contributed by atoms with Crippen LogP contribution in [0, 0.1) is 0 Å². The zero-order valence-electron chi connectivity index (χ0n) is 10.5. The largest absolute Gasteiger partial charge is 0.465 e. The number of benzene rings is 1. The number of hydrogen-bond acceptors (Lipinski definition) is 5. The van der Waals surface area contributed by atoms with Crippen LogP contribution in [0.4, 0.5) is 5.13 Å². The van der Waals surface area contributed by atoms with Crippen molar-refractivity contribution in [3.05, 3.63) is 45.9 Å². The molecule has 0 saturated heterocycles. The lowest BCUT2D eigenvalue weighted by molar-refractivity contribution is 0.0606. The van der Waals surface area contributed by atoms with Crippen molar-refractivity contribution < 1.29 is 9.53 Å². The number of nitrogens with zero attached hydrogens (tertiary/aromatic N) is 1. The van der Waals surface area contributed by atoms with Crippen molar-refractivity contribution in [2.75, 3.05) is 12.4 Å². The summed E-state index contributed by atoms with van der Waals surface area (Å²) in [5, 5.41) is 4.59. The second-order valence-corrected chi connectivity index (χ2v) is 5.41. The lowest BCUT2D eigenvalue weighted by atomic mass is 10.1. The van der Waals surface area contributed by atoms with Crippen molar-refractivity contribution in [1.29, 1.82) is 0 Å². The van der Waals surface area contributed by atoms with E-state index < -0.39 is 0 Å². The smallest absolute Gasteiger partial charge is 0.349 e. The summed E-state index contributed by atoms with van der Waals surface area (Å²) < 4.78 is 4.64. The molecule has 0 bridgehead atoms. The van der Waals surface area contributed by atoms with Gasteiger partial charge in [-0.1, -0.05) is 35.1 Å². The van der Waals surface area contributed by atoms with E-state index in [1.165, 1.54) is 24.6 Å². The second kappa shape index (κ2) is 6.04. The minimum atomic E-state index is -0.374. The Kier molecular flexibility index (Phi) is 4.39. The fraction of sp³-hybridized carbons (Fsp3) is 0.231. The second-order valence-electron chi connectivity index (χ2n) is 3.94. The van der Waals surface area contributed by atoms with Gasteiger partial charge in [-0.3, -0.25) is 0 Å². The summed E-state index contributed by atoms with van der Waals surface area (Å²) in [6.45, 7) is 2.00. The molecule has 100 valence electrons. The quantitative estimate of drug-likeness (QED) is 0.873. The molecule has 1 unspecified atom stereocenters. The van der Waals surface area contributed by atoms with Gasteiger partial charge in [-0.25, -0.2) is 9.78 Å². The molecule has 1 aromatic carbocycles. The Morgan fingerprint density at radius 3 is 3.00 bits per heavy atom. The van der Waals surface area contributed by atoms with Crippen LogP contribution < -0.4 is 5.32 Å². The molecule has 1 aromatic heterocycles. The lowest BCUT2D eigenvalue weighted by Crippen LogP contribution is -2.05. The first kappa shape index (κ1) is 13.8. The third-order valence-corrected chi connectivity index (χ3v) is 3.72. The highest BCUT2D eigenvalue weighted by molar-refractivity contribution is 7.17. The minimum Gasteiger partial charge on any atom is -0.465 e. The maximum absolute atomic E-state index is 11.3. The molecule has 2 aromatic rings. The van der Waals surface area contributed by atoms with Crippen LogP contribution in [0.2, 0.25) is 5.02 Å². The van der Waals surface area contributed by atoms with Crippen LogP contribution in [0.25, 0.3) is 0 Å².